The van der Waals surface area contributed by atoms with Gasteiger partial charge in [0, 0.05) is 22.5 Å². The van der Waals surface area contributed by atoms with Crippen molar-refractivity contribution < 1.29 is 9.59 Å². The summed E-state index contributed by atoms with van der Waals surface area (Å²) in [5.41, 5.74) is 15.3. The molecule has 6 aromatic carbocycles. The van der Waals surface area contributed by atoms with E-state index in [4.69, 9.17) is 0 Å². The van der Waals surface area contributed by atoms with Gasteiger partial charge in [-0.1, -0.05) is 84.4 Å². The average molecular weight is 612 g/mol. The van der Waals surface area contributed by atoms with Gasteiger partial charge in [0.2, 0.25) is 0 Å². The Hall–Kier alpha value is -5.54. The number of hydrogen-bond donors (Lipinski definition) is 0. The molecule has 230 valence electrons. The van der Waals surface area contributed by atoms with Gasteiger partial charge in [0.25, 0.3) is 0 Å². The lowest BCUT2D eigenvalue weighted by molar-refractivity contribution is 0.0990. The van der Waals surface area contributed by atoms with Crippen molar-refractivity contribution in [2.45, 2.75) is 41.5 Å². The normalized spacial score (nSPS) is 12.5. The SMILES string of the molecule is Cc1cc(C)c(N(c2ccc(-c3cc(C)c(C)cc3C)cc2)c2ccc3cc(C=C4C(=O)c5ccccc5C4=O)ccc3c2)c(C)c1. The van der Waals surface area contributed by atoms with Gasteiger partial charge in [-0.25, -0.2) is 0 Å². The third kappa shape index (κ3) is 5.38. The number of fused-ring (bicyclic) bond motifs is 2. The van der Waals surface area contributed by atoms with Crippen molar-refractivity contribution in [3.63, 3.8) is 0 Å². The first-order valence-electron chi connectivity index (χ1n) is 16.1. The topological polar surface area (TPSA) is 37.4 Å². The van der Waals surface area contributed by atoms with Crippen LogP contribution in [0.2, 0.25) is 0 Å². The lowest BCUT2D eigenvalue weighted by Crippen LogP contribution is -2.13. The van der Waals surface area contributed by atoms with E-state index in [0.717, 1.165) is 27.7 Å². The Morgan fingerprint density at radius 3 is 1.72 bits per heavy atom. The summed E-state index contributed by atoms with van der Waals surface area (Å²) < 4.78 is 0. The fraction of sp³-hybridized carbons (Fsp3) is 0.136. The molecule has 3 nitrogen and oxygen atoms in total. The zero-order valence-electron chi connectivity index (χ0n) is 27.7. The fourth-order valence-corrected chi connectivity index (χ4v) is 7.04. The van der Waals surface area contributed by atoms with E-state index in [1.807, 2.05) is 12.1 Å². The molecule has 0 bridgehead atoms. The highest BCUT2D eigenvalue weighted by Crippen LogP contribution is 2.41. The molecule has 0 unspecified atom stereocenters. The molecule has 1 aliphatic rings. The zero-order chi connectivity index (χ0) is 33.0. The maximum Gasteiger partial charge on any atom is 0.197 e. The van der Waals surface area contributed by atoms with Crippen LogP contribution in [0.1, 0.15) is 59.7 Å². The molecule has 0 heterocycles. The molecule has 1 aliphatic carbocycles. The molecule has 0 spiro atoms. The summed E-state index contributed by atoms with van der Waals surface area (Å²) in [6.45, 7) is 13.0. The lowest BCUT2D eigenvalue weighted by Gasteiger charge is -2.29. The van der Waals surface area contributed by atoms with E-state index in [-0.39, 0.29) is 17.1 Å². The summed E-state index contributed by atoms with van der Waals surface area (Å²) in [5.74, 6) is -0.418. The van der Waals surface area contributed by atoms with Crippen LogP contribution in [0.25, 0.3) is 28.0 Å². The van der Waals surface area contributed by atoms with E-state index in [1.165, 1.54) is 50.2 Å². The first-order valence-corrected chi connectivity index (χ1v) is 16.1. The number of nitrogens with zero attached hydrogens (tertiary/aromatic N) is 1. The summed E-state index contributed by atoms with van der Waals surface area (Å²) in [6.07, 6.45) is 1.72. The van der Waals surface area contributed by atoms with Gasteiger partial charge in [-0.2, -0.15) is 0 Å². The maximum absolute atomic E-state index is 13.0. The number of Topliss-reactive ketones (excluding diaryl/α,β-unsaturated/α-hetero) is 2. The molecule has 0 atom stereocenters. The second kappa shape index (κ2) is 11.7. The Bertz CT molecular complexity index is 2230. The van der Waals surface area contributed by atoms with Crippen LogP contribution >= 0.6 is 0 Å². The maximum atomic E-state index is 13.0. The van der Waals surface area contributed by atoms with Gasteiger partial charge in [-0.05, 0) is 133 Å². The predicted octanol–water partition coefficient (Wildman–Crippen LogP) is 11.3. The molecular weight excluding hydrogens is 574 g/mol. The highest BCUT2D eigenvalue weighted by Gasteiger charge is 2.32. The highest BCUT2D eigenvalue weighted by molar-refractivity contribution is 6.41. The van der Waals surface area contributed by atoms with Crippen LogP contribution in [0.4, 0.5) is 17.1 Å². The fourth-order valence-electron chi connectivity index (χ4n) is 7.04. The van der Waals surface area contributed by atoms with Crippen molar-refractivity contribution in [2.75, 3.05) is 4.90 Å². The molecular formula is C44H37NO2. The van der Waals surface area contributed by atoms with E-state index in [9.17, 15) is 9.59 Å². The second-order valence-electron chi connectivity index (χ2n) is 12.9. The lowest BCUT2D eigenvalue weighted by atomic mass is 9.95. The van der Waals surface area contributed by atoms with Crippen molar-refractivity contribution in [3.05, 3.63) is 165 Å². The number of carbonyl (C=O) groups excluding carboxylic acids is 2. The molecule has 0 amide bonds. The third-order valence-corrected chi connectivity index (χ3v) is 9.46. The Kier molecular flexibility index (Phi) is 7.48. The molecule has 3 heteroatoms. The molecule has 0 saturated carbocycles. The Labute approximate surface area is 276 Å². The number of rotatable bonds is 5. The highest BCUT2D eigenvalue weighted by atomic mass is 16.2. The minimum atomic E-state index is -0.209. The van der Waals surface area contributed by atoms with Crippen molar-refractivity contribution >= 4 is 45.5 Å². The van der Waals surface area contributed by atoms with Crippen molar-refractivity contribution in [1.82, 2.24) is 0 Å². The van der Waals surface area contributed by atoms with E-state index >= 15 is 0 Å². The standard InChI is InChI=1S/C44H37NO2/c1-26-19-30(5)42(31(6)20-26)45(36-16-13-33(14-17-36)40-22-28(3)27(2)21-29(40)4)37-18-15-34-23-32(11-12-35(34)25-37)24-41-43(46)38-9-7-8-10-39(38)44(41)47/h7-25H,1-6H3. The van der Waals surface area contributed by atoms with Gasteiger partial charge in [-0.3, -0.25) is 9.59 Å². The second-order valence-corrected chi connectivity index (χ2v) is 12.9. The van der Waals surface area contributed by atoms with E-state index in [1.54, 1.807) is 30.3 Å². The Morgan fingerprint density at radius 1 is 0.489 bits per heavy atom. The number of aryl methyl sites for hydroxylation is 6. The number of ketones is 2. The van der Waals surface area contributed by atoms with Crippen molar-refractivity contribution in [1.29, 1.82) is 0 Å². The molecule has 0 aromatic heterocycles. The molecule has 0 aliphatic heterocycles. The van der Waals surface area contributed by atoms with E-state index in [2.05, 4.69) is 119 Å². The van der Waals surface area contributed by atoms with Crippen molar-refractivity contribution in [2.24, 2.45) is 0 Å². The first-order chi connectivity index (χ1) is 22.6. The van der Waals surface area contributed by atoms with Crippen LogP contribution in [0.15, 0.2) is 115 Å². The Balaban J connectivity index is 1.29. The monoisotopic (exact) mass is 611 g/mol. The van der Waals surface area contributed by atoms with Crippen LogP contribution in [-0.4, -0.2) is 11.6 Å². The summed E-state index contributed by atoms with van der Waals surface area (Å²) in [6, 6.07) is 37.6. The van der Waals surface area contributed by atoms with Gasteiger partial charge in [0.15, 0.2) is 11.6 Å². The summed E-state index contributed by atoms with van der Waals surface area (Å²) in [7, 11) is 0. The van der Waals surface area contributed by atoms with Crippen LogP contribution in [0.3, 0.4) is 0 Å². The van der Waals surface area contributed by atoms with Crippen LogP contribution in [-0.2, 0) is 0 Å². The molecule has 0 saturated heterocycles. The minimum absolute atomic E-state index is 0.209. The van der Waals surface area contributed by atoms with Crippen LogP contribution in [0.5, 0.6) is 0 Å². The number of carbonyl (C=O) groups is 2. The van der Waals surface area contributed by atoms with Gasteiger partial charge < -0.3 is 4.90 Å². The van der Waals surface area contributed by atoms with Crippen LogP contribution in [0, 0.1) is 41.5 Å². The van der Waals surface area contributed by atoms with Gasteiger partial charge in [0.1, 0.15) is 0 Å². The molecule has 0 radical (unpaired) electrons. The average Bonchev–Trinajstić information content (AvgIpc) is 3.29. The summed E-state index contributed by atoms with van der Waals surface area (Å²) in [5, 5.41) is 2.11. The molecule has 7 rings (SSSR count). The minimum Gasteiger partial charge on any atom is -0.310 e. The predicted molar refractivity (Wildman–Crippen MR) is 196 cm³/mol. The van der Waals surface area contributed by atoms with Gasteiger partial charge in [0.05, 0.1) is 11.3 Å². The molecule has 6 aromatic rings. The smallest absolute Gasteiger partial charge is 0.197 e. The van der Waals surface area contributed by atoms with E-state index in [0.29, 0.717) is 11.1 Å². The quantitative estimate of drug-likeness (QED) is 0.144. The number of hydrogen-bond acceptors (Lipinski definition) is 3. The number of benzene rings is 6. The summed E-state index contributed by atoms with van der Waals surface area (Å²) >= 11 is 0. The number of allylic oxidation sites excluding steroid dienone is 1. The Morgan fingerprint density at radius 2 is 1.06 bits per heavy atom. The molecule has 47 heavy (non-hydrogen) atoms. The van der Waals surface area contributed by atoms with E-state index < -0.39 is 0 Å². The van der Waals surface area contributed by atoms with Gasteiger partial charge >= 0.3 is 0 Å². The molecule has 0 N–H and O–H groups in total. The van der Waals surface area contributed by atoms with Crippen LogP contribution < -0.4 is 4.90 Å². The summed E-state index contributed by atoms with van der Waals surface area (Å²) in [4.78, 5) is 28.3. The molecule has 0 fully saturated rings. The van der Waals surface area contributed by atoms with Crippen molar-refractivity contribution in [3.8, 4) is 11.1 Å². The zero-order valence-corrected chi connectivity index (χ0v) is 27.7. The number of anilines is 3. The largest absolute Gasteiger partial charge is 0.310 e. The van der Waals surface area contributed by atoms with Gasteiger partial charge in [-0.15, -0.1) is 0 Å². The first kappa shape index (κ1) is 30.1. The third-order valence-electron chi connectivity index (χ3n) is 9.46.